The molecule has 4 N–H and O–H groups in total. The third kappa shape index (κ3) is 9.21. The van der Waals surface area contributed by atoms with Crippen LogP contribution in [0.3, 0.4) is 0 Å². The molecule has 0 aliphatic carbocycles. The number of nitrogens with zero attached hydrogens (tertiary/aromatic N) is 1. The van der Waals surface area contributed by atoms with Crippen LogP contribution >= 0.6 is 12.4 Å². The molecule has 1 aliphatic rings. The average molecular weight is 529 g/mol. The van der Waals surface area contributed by atoms with Gasteiger partial charge in [0.1, 0.15) is 5.84 Å². The maximum atomic E-state index is 13.0. The molecule has 0 radical (unpaired) electrons. The Hall–Kier alpha value is -3.39. The van der Waals surface area contributed by atoms with Crippen LogP contribution in [0, 0.1) is 11.3 Å². The Morgan fingerprint density at radius 1 is 1.05 bits per heavy atom. The second kappa shape index (κ2) is 15.0. The zero-order valence-corrected chi connectivity index (χ0v) is 22.1. The van der Waals surface area contributed by atoms with Crippen molar-refractivity contribution in [1.29, 1.82) is 5.41 Å². The van der Waals surface area contributed by atoms with E-state index >= 15 is 0 Å². The zero-order valence-electron chi connectivity index (χ0n) is 21.3. The molecule has 0 bridgehead atoms. The number of hydrogen-bond donors (Lipinski definition) is 3. The summed E-state index contributed by atoms with van der Waals surface area (Å²) in [4.78, 5) is 39.2. The van der Waals surface area contributed by atoms with Crippen LogP contribution in [-0.4, -0.2) is 54.8 Å². The molecule has 8 nitrogen and oxygen atoms in total. The monoisotopic (exact) mass is 528 g/mol. The molecule has 0 spiro atoms. The lowest BCUT2D eigenvalue weighted by atomic mass is 10.0. The molecule has 0 saturated carbocycles. The molecule has 2 aromatic carbocycles. The summed E-state index contributed by atoms with van der Waals surface area (Å²) in [5.74, 6) is -0.855. The van der Waals surface area contributed by atoms with Crippen molar-refractivity contribution in [2.24, 2.45) is 11.7 Å². The number of likely N-dealkylation sites (tertiary alicyclic amines) is 1. The molecule has 3 rings (SSSR count). The van der Waals surface area contributed by atoms with Gasteiger partial charge < -0.3 is 20.7 Å². The van der Waals surface area contributed by atoms with Crippen LogP contribution in [0.25, 0.3) is 0 Å². The lowest BCUT2D eigenvalue weighted by molar-refractivity contribution is -0.144. The Morgan fingerprint density at radius 3 is 2.35 bits per heavy atom. The maximum absolute atomic E-state index is 13.0. The summed E-state index contributed by atoms with van der Waals surface area (Å²) in [6.45, 7) is 0.961. The number of rotatable bonds is 13. The highest BCUT2D eigenvalue weighted by molar-refractivity contribution is 5.94. The van der Waals surface area contributed by atoms with Crippen molar-refractivity contribution in [2.45, 2.75) is 51.0 Å². The highest BCUT2D eigenvalue weighted by Crippen LogP contribution is 2.28. The summed E-state index contributed by atoms with van der Waals surface area (Å²) in [6, 6.07) is 17.5. The normalized spacial score (nSPS) is 16.7. The van der Waals surface area contributed by atoms with E-state index in [-0.39, 0.29) is 42.5 Å². The van der Waals surface area contributed by atoms with E-state index in [0.29, 0.717) is 37.9 Å². The summed E-state index contributed by atoms with van der Waals surface area (Å²) in [5, 5.41) is 10.4. The van der Waals surface area contributed by atoms with E-state index in [9.17, 15) is 14.4 Å². The molecule has 37 heavy (non-hydrogen) atoms. The Kier molecular flexibility index (Phi) is 12.1. The minimum atomic E-state index is -0.408. The van der Waals surface area contributed by atoms with Gasteiger partial charge in [-0.25, -0.2) is 0 Å². The van der Waals surface area contributed by atoms with Gasteiger partial charge >= 0.3 is 5.97 Å². The molecule has 0 unspecified atom stereocenters. The standard InChI is InChI=1S/C28H36N4O4.ClH/c1-36-26(34)18-23-17-24(32(28(23)35)16-6-10-20-7-3-2-4-8-20)19-31-25(33)11-5-9-21-12-14-22(15-13-21)27(29)30;/h2-4,7-8,12-15,23-24H,5-6,9-11,16-19H2,1H3,(H3,29,30)(H,31,33);1H/t23-,24-;/m0./s1. The Morgan fingerprint density at radius 2 is 1.70 bits per heavy atom. The molecule has 1 heterocycles. The van der Waals surface area contributed by atoms with Gasteiger partial charge in [-0.2, -0.15) is 0 Å². The highest BCUT2D eigenvalue weighted by atomic mass is 35.5. The Bertz CT molecular complexity index is 1050. The fourth-order valence-corrected chi connectivity index (χ4v) is 4.63. The molecule has 1 saturated heterocycles. The number of esters is 1. The van der Waals surface area contributed by atoms with Gasteiger partial charge in [-0.1, -0.05) is 54.6 Å². The second-order valence-corrected chi connectivity index (χ2v) is 9.26. The van der Waals surface area contributed by atoms with Crippen molar-refractivity contribution in [3.05, 3.63) is 71.3 Å². The molecule has 2 atom stereocenters. The van der Waals surface area contributed by atoms with Gasteiger partial charge in [-0.05, 0) is 43.2 Å². The average Bonchev–Trinajstić information content (AvgIpc) is 3.17. The quantitative estimate of drug-likeness (QED) is 0.209. The van der Waals surface area contributed by atoms with Crippen LogP contribution in [0.1, 0.15) is 48.8 Å². The van der Waals surface area contributed by atoms with Crippen LogP contribution in [0.15, 0.2) is 54.6 Å². The van der Waals surface area contributed by atoms with Gasteiger partial charge in [0.2, 0.25) is 11.8 Å². The number of nitrogens with one attached hydrogen (secondary N) is 2. The van der Waals surface area contributed by atoms with E-state index < -0.39 is 11.9 Å². The fraction of sp³-hybridized carbons (Fsp3) is 0.429. The molecule has 2 amide bonds. The molecule has 1 aliphatic heterocycles. The van der Waals surface area contributed by atoms with E-state index in [4.69, 9.17) is 15.9 Å². The molecule has 2 aromatic rings. The van der Waals surface area contributed by atoms with Crippen molar-refractivity contribution >= 4 is 36.0 Å². The summed E-state index contributed by atoms with van der Waals surface area (Å²) in [7, 11) is 1.33. The van der Waals surface area contributed by atoms with E-state index in [1.165, 1.54) is 12.7 Å². The maximum Gasteiger partial charge on any atom is 0.306 e. The third-order valence-corrected chi connectivity index (χ3v) is 6.65. The number of carbonyl (C=O) groups excluding carboxylic acids is 3. The lowest BCUT2D eigenvalue weighted by Gasteiger charge is -2.25. The molecular formula is C28H37ClN4O4. The Labute approximate surface area is 224 Å². The number of hydrogen-bond acceptors (Lipinski definition) is 5. The third-order valence-electron chi connectivity index (χ3n) is 6.65. The van der Waals surface area contributed by atoms with Crippen LogP contribution in [-0.2, 0) is 32.0 Å². The molecule has 200 valence electrons. The van der Waals surface area contributed by atoms with E-state index in [1.54, 1.807) is 0 Å². The second-order valence-electron chi connectivity index (χ2n) is 9.26. The zero-order chi connectivity index (χ0) is 25.9. The first-order chi connectivity index (χ1) is 17.4. The number of methoxy groups -OCH3 is 1. The number of amidine groups is 1. The largest absolute Gasteiger partial charge is 0.469 e. The van der Waals surface area contributed by atoms with E-state index in [1.807, 2.05) is 47.4 Å². The molecular weight excluding hydrogens is 492 g/mol. The van der Waals surface area contributed by atoms with Crippen molar-refractivity contribution in [2.75, 3.05) is 20.2 Å². The number of nitrogens with two attached hydrogens (primary N) is 1. The molecule has 0 aromatic heterocycles. The number of carbonyl (C=O) groups is 3. The minimum absolute atomic E-state index is 0. The van der Waals surface area contributed by atoms with Gasteiger partial charge in [0.05, 0.1) is 19.4 Å². The lowest BCUT2D eigenvalue weighted by Crippen LogP contribution is -2.42. The first-order valence-electron chi connectivity index (χ1n) is 12.5. The minimum Gasteiger partial charge on any atom is -0.469 e. The van der Waals surface area contributed by atoms with Gasteiger partial charge in [-0.15, -0.1) is 12.4 Å². The van der Waals surface area contributed by atoms with Gasteiger partial charge in [-0.3, -0.25) is 19.8 Å². The first kappa shape index (κ1) is 29.8. The van der Waals surface area contributed by atoms with Crippen LogP contribution in [0.5, 0.6) is 0 Å². The van der Waals surface area contributed by atoms with Crippen LogP contribution in [0.2, 0.25) is 0 Å². The van der Waals surface area contributed by atoms with Crippen LogP contribution < -0.4 is 11.1 Å². The number of halogens is 1. The first-order valence-corrected chi connectivity index (χ1v) is 12.5. The van der Waals surface area contributed by atoms with Crippen molar-refractivity contribution < 1.29 is 19.1 Å². The fourth-order valence-electron chi connectivity index (χ4n) is 4.63. The van der Waals surface area contributed by atoms with Crippen molar-refractivity contribution in [1.82, 2.24) is 10.2 Å². The number of nitrogen functional groups attached to an aromatic ring is 1. The smallest absolute Gasteiger partial charge is 0.306 e. The summed E-state index contributed by atoms with van der Waals surface area (Å²) < 4.78 is 4.77. The predicted octanol–water partition coefficient (Wildman–Crippen LogP) is 3.24. The van der Waals surface area contributed by atoms with Gasteiger partial charge in [0, 0.05) is 31.1 Å². The van der Waals surface area contributed by atoms with Gasteiger partial charge in [0.15, 0.2) is 0 Å². The van der Waals surface area contributed by atoms with Crippen molar-refractivity contribution in [3.63, 3.8) is 0 Å². The molecule has 9 heteroatoms. The summed E-state index contributed by atoms with van der Waals surface area (Å²) in [5.41, 5.74) is 8.47. The topological polar surface area (TPSA) is 126 Å². The van der Waals surface area contributed by atoms with E-state index in [2.05, 4.69) is 17.4 Å². The van der Waals surface area contributed by atoms with Crippen molar-refractivity contribution in [3.8, 4) is 0 Å². The number of benzene rings is 2. The SMILES string of the molecule is COC(=O)C[C@@H]1C[C@@H](CNC(=O)CCCc2ccc(C(=N)N)cc2)N(CCCc2ccccc2)C1=O.Cl. The number of aryl methyl sites for hydroxylation is 2. The predicted molar refractivity (Wildman–Crippen MR) is 146 cm³/mol. The number of amides is 2. The summed E-state index contributed by atoms with van der Waals surface area (Å²) in [6.07, 6.45) is 4.10. The summed E-state index contributed by atoms with van der Waals surface area (Å²) >= 11 is 0. The Balaban J connectivity index is 0.00000481. The van der Waals surface area contributed by atoms with E-state index in [0.717, 1.165) is 24.8 Å². The number of ether oxygens (including phenoxy) is 1. The van der Waals surface area contributed by atoms with Crippen LogP contribution in [0.4, 0.5) is 0 Å². The molecule has 1 fully saturated rings. The van der Waals surface area contributed by atoms with Gasteiger partial charge in [0.25, 0.3) is 0 Å². The highest BCUT2D eigenvalue weighted by Gasteiger charge is 2.40.